The lowest BCUT2D eigenvalue weighted by molar-refractivity contribution is -0.103. The van der Waals surface area contributed by atoms with Crippen molar-refractivity contribution in [1.29, 1.82) is 0 Å². The fourth-order valence-corrected chi connectivity index (χ4v) is 4.44. The molecule has 134 valence electrons. The molecule has 5 nitrogen and oxygen atoms in total. The van der Waals surface area contributed by atoms with Crippen molar-refractivity contribution in [2.75, 3.05) is 13.1 Å². The third-order valence-electron chi connectivity index (χ3n) is 5.40. The van der Waals surface area contributed by atoms with Gasteiger partial charge in [0.1, 0.15) is 5.60 Å². The normalized spacial score (nSPS) is 35.0. The number of amides is 1. The predicted molar refractivity (Wildman–Crippen MR) is 91.1 cm³/mol. The smallest absolute Gasteiger partial charge is 0.410 e. The van der Waals surface area contributed by atoms with Gasteiger partial charge >= 0.3 is 6.09 Å². The topological polar surface area (TPSA) is 75.8 Å². The van der Waals surface area contributed by atoms with Crippen LogP contribution in [0, 0.1) is 11.8 Å². The molecule has 2 rings (SSSR count). The number of rotatable bonds is 1. The van der Waals surface area contributed by atoms with Crippen LogP contribution in [0.4, 0.5) is 4.79 Å². The van der Waals surface area contributed by atoms with E-state index < -0.39 is 16.7 Å². The van der Waals surface area contributed by atoms with E-state index >= 15 is 0 Å². The number of likely N-dealkylation sites (tertiary alicyclic amines) is 1. The van der Waals surface area contributed by atoms with E-state index in [0.29, 0.717) is 37.8 Å². The molecule has 1 aliphatic heterocycles. The third-order valence-corrected chi connectivity index (χ3v) is 5.40. The van der Waals surface area contributed by atoms with E-state index in [-0.39, 0.29) is 6.09 Å². The molecule has 0 aromatic heterocycles. The highest BCUT2D eigenvalue weighted by Crippen LogP contribution is 2.44. The summed E-state index contributed by atoms with van der Waals surface area (Å²) >= 11 is 0. The van der Waals surface area contributed by atoms with E-state index in [1.54, 1.807) is 4.90 Å². The lowest BCUT2D eigenvalue weighted by Crippen LogP contribution is -2.66. The molecule has 0 aromatic rings. The van der Waals surface area contributed by atoms with Crippen LogP contribution < -0.4 is 5.73 Å². The minimum absolute atomic E-state index is 0.295. The zero-order valence-electron chi connectivity index (χ0n) is 15.4. The summed E-state index contributed by atoms with van der Waals surface area (Å²) in [5, 5.41) is 11.2. The Bertz CT molecular complexity index is 426. The molecule has 1 heterocycles. The van der Waals surface area contributed by atoms with Gasteiger partial charge in [0.2, 0.25) is 0 Å². The Morgan fingerprint density at radius 3 is 2.09 bits per heavy atom. The summed E-state index contributed by atoms with van der Waals surface area (Å²) in [6, 6.07) is 0. The summed E-state index contributed by atoms with van der Waals surface area (Å²) in [5.74, 6) is 1.08. The molecule has 2 aliphatic rings. The molecule has 2 unspecified atom stereocenters. The summed E-state index contributed by atoms with van der Waals surface area (Å²) in [6.45, 7) is 11.0. The lowest BCUT2D eigenvalue weighted by atomic mass is 9.62. The molecule has 5 heteroatoms. The highest BCUT2D eigenvalue weighted by Gasteiger charge is 2.52. The number of aliphatic hydroxyl groups is 1. The highest BCUT2D eigenvalue weighted by atomic mass is 16.6. The molecule has 2 atom stereocenters. The fourth-order valence-electron chi connectivity index (χ4n) is 4.44. The highest BCUT2D eigenvalue weighted by molar-refractivity contribution is 5.68. The Kier molecular flexibility index (Phi) is 5.03. The number of nitrogens with two attached hydrogens (primary N) is 1. The first-order chi connectivity index (χ1) is 10.4. The van der Waals surface area contributed by atoms with Crippen LogP contribution in [0.2, 0.25) is 0 Å². The monoisotopic (exact) mass is 326 g/mol. The molecular formula is C18H34N2O3. The molecule has 1 aliphatic carbocycles. The van der Waals surface area contributed by atoms with Gasteiger partial charge in [-0.25, -0.2) is 4.79 Å². The average molecular weight is 326 g/mol. The predicted octanol–water partition coefficient (Wildman–Crippen LogP) is 2.90. The summed E-state index contributed by atoms with van der Waals surface area (Å²) in [6.07, 6.45) is 3.67. The summed E-state index contributed by atoms with van der Waals surface area (Å²) in [4.78, 5) is 13.9. The summed E-state index contributed by atoms with van der Waals surface area (Å²) in [5.41, 5.74) is 4.78. The first-order valence-corrected chi connectivity index (χ1v) is 8.93. The van der Waals surface area contributed by atoms with Crippen molar-refractivity contribution in [3.8, 4) is 0 Å². The molecule has 2 fully saturated rings. The van der Waals surface area contributed by atoms with Gasteiger partial charge in [-0.2, -0.15) is 0 Å². The van der Waals surface area contributed by atoms with Crippen LogP contribution in [0.1, 0.15) is 66.7 Å². The van der Waals surface area contributed by atoms with Gasteiger partial charge in [0, 0.05) is 18.6 Å². The molecular weight excluding hydrogens is 292 g/mol. The molecule has 0 aromatic carbocycles. The van der Waals surface area contributed by atoms with Gasteiger partial charge in [-0.15, -0.1) is 0 Å². The zero-order chi connectivity index (χ0) is 17.5. The molecule has 1 saturated heterocycles. The Balaban J connectivity index is 2.00. The lowest BCUT2D eigenvalue weighted by Gasteiger charge is -2.53. The molecule has 1 amide bonds. The number of piperidine rings is 1. The number of carbonyl (C=O) groups is 1. The Morgan fingerprint density at radius 2 is 1.65 bits per heavy atom. The molecule has 3 N–H and O–H groups in total. The summed E-state index contributed by atoms with van der Waals surface area (Å²) in [7, 11) is 0. The maximum Gasteiger partial charge on any atom is 0.410 e. The minimum Gasteiger partial charge on any atom is -0.444 e. The first kappa shape index (κ1) is 18.5. The maximum absolute atomic E-state index is 12.2. The fraction of sp³-hybridized carbons (Fsp3) is 0.944. The van der Waals surface area contributed by atoms with Gasteiger partial charge < -0.3 is 20.5 Å². The second kappa shape index (κ2) is 6.25. The first-order valence-electron chi connectivity index (χ1n) is 8.93. The van der Waals surface area contributed by atoms with E-state index in [4.69, 9.17) is 10.5 Å². The third kappa shape index (κ3) is 4.18. The minimum atomic E-state index is -0.881. The maximum atomic E-state index is 12.2. The van der Waals surface area contributed by atoms with E-state index in [0.717, 1.165) is 12.8 Å². The van der Waals surface area contributed by atoms with Gasteiger partial charge in [-0.05, 0) is 64.7 Å². The average Bonchev–Trinajstić information content (AvgIpc) is 2.35. The van der Waals surface area contributed by atoms with Gasteiger partial charge in [0.05, 0.1) is 5.60 Å². The molecule has 0 bridgehead atoms. The Morgan fingerprint density at radius 1 is 1.17 bits per heavy atom. The van der Waals surface area contributed by atoms with Crippen molar-refractivity contribution in [2.24, 2.45) is 17.6 Å². The van der Waals surface area contributed by atoms with Crippen molar-refractivity contribution in [2.45, 2.75) is 83.5 Å². The summed E-state index contributed by atoms with van der Waals surface area (Å²) < 4.78 is 5.42. The Hall–Kier alpha value is -0.810. The molecule has 0 spiro atoms. The van der Waals surface area contributed by atoms with Crippen molar-refractivity contribution in [3.63, 3.8) is 0 Å². The van der Waals surface area contributed by atoms with Crippen LogP contribution in [-0.4, -0.2) is 45.9 Å². The second-order valence-corrected chi connectivity index (χ2v) is 9.01. The largest absolute Gasteiger partial charge is 0.444 e. The van der Waals surface area contributed by atoms with E-state index in [2.05, 4.69) is 13.8 Å². The van der Waals surface area contributed by atoms with Gasteiger partial charge in [-0.1, -0.05) is 13.8 Å². The number of hydrogen-bond donors (Lipinski definition) is 2. The number of carbonyl (C=O) groups excluding carboxylic acids is 1. The van der Waals surface area contributed by atoms with Gasteiger partial charge in [0.25, 0.3) is 0 Å². The van der Waals surface area contributed by atoms with Crippen molar-refractivity contribution in [3.05, 3.63) is 0 Å². The van der Waals surface area contributed by atoms with Crippen molar-refractivity contribution in [1.82, 2.24) is 4.90 Å². The molecule has 1 saturated carbocycles. The van der Waals surface area contributed by atoms with Crippen LogP contribution in [0.15, 0.2) is 0 Å². The number of ether oxygens (including phenoxy) is 1. The van der Waals surface area contributed by atoms with E-state index in [9.17, 15) is 9.90 Å². The van der Waals surface area contributed by atoms with Crippen LogP contribution in [-0.2, 0) is 4.74 Å². The van der Waals surface area contributed by atoms with Crippen LogP contribution in [0.3, 0.4) is 0 Å². The SMILES string of the molecule is CC1CC(C)CC(N)(C2(O)CCN(C(=O)OC(C)(C)C)CC2)C1. The van der Waals surface area contributed by atoms with Crippen LogP contribution >= 0.6 is 0 Å². The molecule has 0 radical (unpaired) electrons. The molecule has 23 heavy (non-hydrogen) atoms. The van der Waals surface area contributed by atoms with Gasteiger partial charge in [-0.3, -0.25) is 0 Å². The van der Waals surface area contributed by atoms with Crippen molar-refractivity contribution >= 4 is 6.09 Å². The van der Waals surface area contributed by atoms with Gasteiger partial charge in [0.15, 0.2) is 0 Å². The second-order valence-electron chi connectivity index (χ2n) is 9.01. The van der Waals surface area contributed by atoms with E-state index in [1.165, 1.54) is 6.42 Å². The number of nitrogens with zero attached hydrogens (tertiary/aromatic N) is 1. The van der Waals surface area contributed by atoms with Crippen LogP contribution in [0.25, 0.3) is 0 Å². The standard InChI is InChI=1S/C18H34N2O3/c1-13-10-14(2)12-17(19,11-13)18(22)6-8-20(9-7-18)15(21)23-16(3,4)5/h13-14,22H,6-12,19H2,1-5H3. The van der Waals surface area contributed by atoms with E-state index in [1.807, 2.05) is 20.8 Å². The number of hydrogen-bond acceptors (Lipinski definition) is 4. The van der Waals surface area contributed by atoms with Crippen molar-refractivity contribution < 1.29 is 14.6 Å². The quantitative estimate of drug-likeness (QED) is 0.777. The Labute approximate surface area is 140 Å². The van der Waals surface area contributed by atoms with Crippen LogP contribution in [0.5, 0.6) is 0 Å². The zero-order valence-corrected chi connectivity index (χ0v) is 15.4.